The molecule has 1 atom stereocenters. The van der Waals surface area contributed by atoms with Crippen molar-refractivity contribution in [3.05, 3.63) is 0 Å². The van der Waals surface area contributed by atoms with E-state index < -0.39 is 5.97 Å². The molecule has 0 unspecified atom stereocenters. The van der Waals surface area contributed by atoms with Crippen LogP contribution in [0.4, 0.5) is 0 Å². The van der Waals surface area contributed by atoms with Crippen LogP contribution in [0.5, 0.6) is 0 Å². The lowest BCUT2D eigenvalue weighted by molar-refractivity contribution is -0.141. The van der Waals surface area contributed by atoms with Gasteiger partial charge in [-0.2, -0.15) is 0 Å². The maximum Gasteiger partial charge on any atom is 0.303 e. The number of nitrogens with zero attached hydrogens (tertiary/aromatic N) is 2. The molecule has 0 saturated carbocycles. The molecule has 0 aromatic heterocycles. The van der Waals surface area contributed by atoms with Crippen molar-refractivity contribution in [2.45, 2.75) is 25.7 Å². The molecular formula is C14H24N2O4. The molecule has 0 spiro atoms. The van der Waals surface area contributed by atoms with Gasteiger partial charge in [0.05, 0.1) is 19.6 Å². The Kier molecular flexibility index (Phi) is 5.79. The minimum absolute atomic E-state index is 0.0147. The quantitative estimate of drug-likeness (QED) is 0.792. The molecule has 2 aliphatic rings. The van der Waals surface area contributed by atoms with E-state index in [9.17, 15) is 9.59 Å². The number of carboxylic acids is 1. The van der Waals surface area contributed by atoms with Crippen LogP contribution in [0.1, 0.15) is 25.7 Å². The number of carboxylic acid groups (broad SMARTS) is 1. The summed E-state index contributed by atoms with van der Waals surface area (Å²) in [6.45, 7) is 6.12. The zero-order valence-electron chi connectivity index (χ0n) is 11.9. The summed E-state index contributed by atoms with van der Waals surface area (Å²) in [7, 11) is 0. The Labute approximate surface area is 119 Å². The van der Waals surface area contributed by atoms with Crippen LogP contribution in [0.3, 0.4) is 0 Å². The van der Waals surface area contributed by atoms with Gasteiger partial charge in [0.1, 0.15) is 0 Å². The predicted octanol–water partition coefficient (Wildman–Crippen LogP) is 0.422. The summed E-state index contributed by atoms with van der Waals surface area (Å²) in [4.78, 5) is 26.7. The molecule has 20 heavy (non-hydrogen) atoms. The molecule has 6 heteroatoms. The molecule has 0 aromatic carbocycles. The number of piperidine rings is 1. The Morgan fingerprint density at radius 3 is 2.60 bits per heavy atom. The van der Waals surface area contributed by atoms with E-state index in [0.717, 1.165) is 58.8 Å². The molecule has 2 saturated heterocycles. The Morgan fingerprint density at radius 1 is 1.15 bits per heavy atom. The van der Waals surface area contributed by atoms with Gasteiger partial charge in [0.2, 0.25) is 5.91 Å². The maximum atomic E-state index is 12.0. The third kappa shape index (κ3) is 4.76. The first-order valence-corrected chi connectivity index (χ1v) is 7.45. The summed E-state index contributed by atoms with van der Waals surface area (Å²) in [5.41, 5.74) is 0. The number of hydrogen-bond donors (Lipinski definition) is 1. The molecule has 0 aliphatic carbocycles. The van der Waals surface area contributed by atoms with Gasteiger partial charge in [0.25, 0.3) is 0 Å². The fraction of sp³-hybridized carbons (Fsp3) is 0.857. The number of hydrogen-bond acceptors (Lipinski definition) is 4. The number of carbonyl (C=O) groups is 2. The highest BCUT2D eigenvalue weighted by atomic mass is 16.5. The summed E-state index contributed by atoms with van der Waals surface area (Å²) >= 11 is 0. The molecule has 0 bridgehead atoms. The lowest BCUT2D eigenvalue weighted by Crippen LogP contribution is -2.46. The van der Waals surface area contributed by atoms with Crippen molar-refractivity contribution in [2.24, 2.45) is 5.92 Å². The van der Waals surface area contributed by atoms with Gasteiger partial charge in [0.15, 0.2) is 0 Å². The average Bonchev–Trinajstić information content (AvgIpc) is 2.46. The van der Waals surface area contributed by atoms with Crippen molar-refractivity contribution in [3.8, 4) is 0 Å². The first-order valence-electron chi connectivity index (χ1n) is 7.45. The number of likely N-dealkylation sites (tertiary alicyclic amines) is 1. The second-order valence-corrected chi connectivity index (χ2v) is 5.65. The van der Waals surface area contributed by atoms with Crippen molar-refractivity contribution >= 4 is 11.9 Å². The third-order valence-electron chi connectivity index (χ3n) is 4.04. The zero-order chi connectivity index (χ0) is 14.4. The highest BCUT2D eigenvalue weighted by molar-refractivity contribution is 5.80. The van der Waals surface area contributed by atoms with Crippen LogP contribution in [0.2, 0.25) is 0 Å². The minimum Gasteiger partial charge on any atom is -0.481 e. The van der Waals surface area contributed by atoms with Crippen molar-refractivity contribution in [2.75, 3.05) is 45.9 Å². The number of amides is 1. The van der Waals surface area contributed by atoms with E-state index in [0.29, 0.717) is 5.92 Å². The summed E-state index contributed by atoms with van der Waals surface area (Å²) in [6, 6.07) is 0. The molecule has 0 radical (unpaired) electrons. The molecule has 114 valence electrons. The molecular weight excluding hydrogens is 260 g/mol. The van der Waals surface area contributed by atoms with Crippen LogP contribution in [0.15, 0.2) is 0 Å². The first kappa shape index (κ1) is 15.3. The van der Waals surface area contributed by atoms with E-state index in [-0.39, 0.29) is 18.7 Å². The summed E-state index contributed by atoms with van der Waals surface area (Å²) < 4.78 is 5.34. The normalized spacial score (nSPS) is 24.6. The predicted molar refractivity (Wildman–Crippen MR) is 73.4 cm³/mol. The van der Waals surface area contributed by atoms with Gasteiger partial charge in [-0.05, 0) is 18.8 Å². The monoisotopic (exact) mass is 284 g/mol. The Bertz CT molecular complexity index is 342. The largest absolute Gasteiger partial charge is 0.481 e. The third-order valence-corrected chi connectivity index (χ3v) is 4.04. The molecule has 6 nitrogen and oxygen atoms in total. The fourth-order valence-corrected chi connectivity index (χ4v) is 2.96. The van der Waals surface area contributed by atoms with Gasteiger partial charge in [-0.1, -0.05) is 0 Å². The Balaban J connectivity index is 1.75. The Hall–Kier alpha value is -1.14. The lowest BCUT2D eigenvalue weighted by Gasteiger charge is -2.36. The highest BCUT2D eigenvalue weighted by Crippen LogP contribution is 2.19. The zero-order valence-corrected chi connectivity index (χ0v) is 11.9. The summed E-state index contributed by atoms with van der Waals surface area (Å²) in [5, 5.41) is 8.64. The van der Waals surface area contributed by atoms with E-state index in [1.165, 1.54) is 0 Å². The first-order chi connectivity index (χ1) is 9.65. The smallest absolute Gasteiger partial charge is 0.303 e. The van der Waals surface area contributed by atoms with Gasteiger partial charge in [-0.3, -0.25) is 14.5 Å². The van der Waals surface area contributed by atoms with Crippen LogP contribution < -0.4 is 0 Å². The average molecular weight is 284 g/mol. The van der Waals surface area contributed by atoms with Crippen LogP contribution in [-0.2, 0) is 14.3 Å². The van der Waals surface area contributed by atoms with Crippen molar-refractivity contribution in [1.29, 1.82) is 0 Å². The molecule has 2 aliphatic heterocycles. The van der Waals surface area contributed by atoms with Crippen LogP contribution in [0, 0.1) is 5.92 Å². The topological polar surface area (TPSA) is 70.1 Å². The van der Waals surface area contributed by atoms with Crippen LogP contribution in [-0.4, -0.2) is 72.7 Å². The molecule has 1 N–H and O–H groups in total. The fourth-order valence-electron chi connectivity index (χ4n) is 2.96. The van der Waals surface area contributed by atoms with E-state index in [1.54, 1.807) is 0 Å². The van der Waals surface area contributed by atoms with Gasteiger partial charge in [0, 0.05) is 39.1 Å². The van der Waals surface area contributed by atoms with Gasteiger partial charge < -0.3 is 14.7 Å². The SMILES string of the molecule is O=C(O)CCC(=O)N1CCC[C@H](CN2CCOCC2)C1. The minimum atomic E-state index is -0.903. The molecule has 2 heterocycles. The lowest BCUT2D eigenvalue weighted by atomic mass is 9.97. The standard InChI is InChI=1S/C14H24N2O4/c17-13(3-4-14(18)19)16-5-1-2-12(11-16)10-15-6-8-20-9-7-15/h12H,1-11H2,(H,18,19)/t12-/m1/s1. The van der Waals surface area contributed by atoms with Gasteiger partial charge in [-0.25, -0.2) is 0 Å². The van der Waals surface area contributed by atoms with Gasteiger partial charge >= 0.3 is 5.97 Å². The second kappa shape index (κ2) is 7.59. The summed E-state index contributed by atoms with van der Waals surface area (Å²) in [6.07, 6.45) is 2.23. The van der Waals surface area contributed by atoms with E-state index in [4.69, 9.17) is 9.84 Å². The number of morpholine rings is 1. The van der Waals surface area contributed by atoms with Crippen molar-refractivity contribution < 1.29 is 19.4 Å². The molecule has 2 fully saturated rings. The maximum absolute atomic E-state index is 12.0. The van der Waals surface area contributed by atoms with E-state index in [2.05, 4.69) is 4.90 Å². The molecule has 2 rings (SSSR count). The van der Waals surface area contributed by atoms with Gasteiger partial charge in [-0.15, -0.1) is 0 Å². The van der Waals surface area contributed by atoms with E-state index in [1.807, 2.05) is 4.90 Å². The second-order valence-electron chi connectivity index (χ2n) is 5.65. The number of aliphatic carboxylic acids is 1. The van der Waals surface area contributed by atoms with Crippen molar-refractivity contribution in [1.82, 2.24) is 9.80 Å². The van der Waals surface area contributed by atoms with Crippen molar-refractivity contribution in [3.63, 3.8) is 0 Å². The number of carbonyl (C=O) groups excluding carboxylic acids is 1. The highest BCUT2D eigenvalue weighted by Gasteiger charge is 2.25. The number of ether oxygens (including phenoxy) is 1. The summed E-state index contributed by atoms with van der Waals surface area (Å²) in [5.74, 6) is -0.407. The molecule has 1 amide bonds. The number of rotatable bonds is 5. The van der Waals surface area contributed by atoms with E-state index >= 15 is 0 Å². The molecule has 0 aromatic rings. The van der Waals surface area contributed by atoms with Crippen LogP contribution in [0.25, 0.3) is 0 Å². The van der Waals surface area contributed by atoms with Crippen LogP contribution >= 0.6 is 0 Å². The Morgan fingerprint density at radius 2 is 1.90 bits per heavy atom.